The van der Waals surface area contributed by atoms with Crippen LogP contribution in [0, 0.1) is 26.2 Å². The van der Waals surface area contributed by atoms with Crippen molar-refractivity contribution in [2.24, 2.45) is 5.73 Å². The Morgan fingerprint density at radius 3 is 2.24 bits per heavy atom. The van der Waals surface area contributed by atoms with Gasteiger partial charge in [-0.3, -0.25) is 14.8 Å². The first-order valence-corrected chi connectivity index (χ1v) is 8.22. The first-order valence-electron chi connectivity index (χ1n) is 8.22. The van der Waals surface area contributed by atoms with Gasteiger partial charge in [0.2, 0.25) is 5.88 Å². The molecule has 0 amide bonds. The Kier molecular flexibility index (Phi) is 5.15. The van der Waals surface area contributed by atoms with Crippen LogP contribution in [0.25, 0.3) is 5.69 Å². The molecule has 7 nitrogen and oxygen atoms in total. The molecule has 0 aliphatic heterocycles. The maximum atomic E-state index is 12.9. The van der Waals surface area contributed by atoms with Gasteiger partial charge in [0.1, 0.15) is 11.4 Å². The second-order valence-electron chi connectivity index (χ2n) is 6.29. The maximum Gasteiger partial charge on any atom is 0.338 e. The number of nitrogen functional groups attached to an aromatic ring is 1. The van der Waals surface area contributed by atoms with Gasteiger partial charge in [-0.25, -0.2) is 9.36 Å². The summed E-state index contributed by atoms with van der Waals surface area (Å²) in [5.41, 5.74) is 6.75. The van der Waals surface area contributed by atoms with Crippen LogP contribution in [0.15, 0.2) is 21.7 Å². The quantitative estimate of drug-likeness (QED) is 0.566. The van der Waals surface area contributed by atoms with Crippen LogP contribution < -0.4 is 17.0 Å². The van der Waals surface area contributed by atoms with E-state index < -0.39 is 23.0 Å². The minimum Gasteiger partial charge on any atom is -0.494 e. The van der Waals surface area contributed by atoms with Crippen LogP contribution in [0.4, 0.5) is 0 Å². The van der Waals surface area contributed by atoms with E-state index in [1.807, 2.05) is 39.8 Å². The molecule has 0 aliphatic carbocycles. The zero-order chi connectivity index (χ0) is 18.9. The Balaban J connectivity index is 2.97. The topological polar surface area (TPSA) is 114 Å². The lowest BCUT2D eigenvalue weighted by atomic mass is 10.0. The first kappa shape index (κ1) is 18.5. The molecule has 1 aromatic carbocycles. The SMILES string of the molecule is CCCCn1c(O)c(C(=N)N)c(=O)n(-c2c(C)cc(C)cc2C)c1=O. The summed E-state index contributed by atoms with van der Waals surface area (Å²) in [6, 6.07) is 3.76. The maximum absolute atomic E-state index is 12.9. The lowest BCUT2D eigenvalue weighted by molar-refractivity contribution is 0.390. The van der Waals surface area contributed by atoms with Crippen LogP contribution in [0.1, 0.15) is 42.0 Å². The molecule has 0 bridgehead atoms. The highest BCUT2D eigenvalue weighted by Crippen LogP contribution is 2.20. The standard InChI is InChI=1S/C18H24N4O3/c1-5-6-7-21-16(23)13(15(19)20)17(24)22(18(21)25)14-11(3)8-10(2)9-12(14)4/h8-9,23H,5-7H2,1-4H3,(H3,19,20). The van der Waals surface area contributed by atoms with E-state index in [1.165, 1.54) is 0 Å². The van der Waals surface area contributed by atoms with E-state index in [2.05, 4.69) is 0 Å². The Morgan fingerprint density at radius 1 is 1.20 bits per heavy atom. The molecule has 0 fully saturated rings. The van der Waals surface area contributed by atoms with Gasteiger partial charge in [-0.15, -0.1) is 0 Å². The highest BCUT2D eigenvalue weighted by Gasteiger charge is 2.23. The van der Waals surface area contributed by atoms with Crippen molar-refractivity contribution >= 4 is 5.84 Å². The highest BCUT2D eigenvalue weighted by atomic mass is 16.3. The van der Waals surface area contributed by atoms with Gasteiger partial charge in [0.25, 0.3) is 5.56 Å². The average molecular weight is 344 g/mol. The van der Waals surface area contributed by atoms with Gasteiger partial charge in [0.05, 0.1) is 5.69 Å². The van der Waals surface area contributed by atoms with Crippen LogP contribution in [0.2, 0.25) is 0 Å². The molecule has 134 valence electrons. The molecule has 1 aromatic heterocycles. The monoisotopic (exact) mass is 344 g/mol. The van der Waals surface area contributed by atoms with E-state index in [0.29, 0.717) is 12.1 Å². The van der Waals surface area contributed by atoms with E-state index in [4.69, 9.17) is 11.1 Å². The summed E-state index contributed by atoms with van der Waals surface area (Å²) in [4.78, 5) is 25.8. The minimum absolute atomic E-state index is 0.242. The predicted molar refractivity (Wildman–Crippen MR) is 98.1 cm³/mol. The van der Waals surface area contributed by atoms with Crippen molar-refractivity contribution < 1.29 is 5.11 Å². The van der Waals surface area contributed by atoms with Crippen LogP contribution in [0.3, 0.4) is 0 Å². The molecule has 2 rings (SSSR count). The number of hydrogen-bond acceptors (Lipinski definition) is 4. The molecule has 0 radical (unpaired) electrons. The Morgan fingerprint density at radius 2 is 1.76 bits per heavy atom. The molecule has 0 saturated heterocycles. The van der Waals surface area contributed by atoms with Crippen molar-refractivity contribution in [2.75, 3.05) is 0 Å². The molecule has 25 heavy (non-hydrogen) atoms. The van der Waals surface area contributed by atoms with Crippen LogP contribution in [0.5, 0.6) is 5.88 Å². The minimum atomic E-state index is -0.780. The van der Waals surface area contributed by atoms with E-state index in [9.17, 15) is 14.7 Å². The number of aromatic hydroxyl groups is 1. The molecule has 0 spiro atoms. The summed E-state index contributed by atoms with van der Waals surface area (Å²) in [5, 5.41) is 18.0. The number of nitrogens with one attached hydrogen (secondary N) is 1. The van der Waals surface area contributed by atoms with Crippen molar-refractivity contribution in [3.8, 4) is 11.6 Å². The summed E-state index contributed by atoms with van der Waals surface area (Å²) in [5.74, 6) is -1.11. The third-order valence-electron chi connectivity index (χ3n) is 4.18. The number of benzene rings is 1. The lowest BCUT2D eigenvalue weighted by Gasteiger charge is -2.18. The van der Waals surface area contributed by atoms with Gasteiger partial charge in [0, 0.05) is 6.54 Å². The van der Waals surface area contributed by atoms with Gasteiger partial charge in [0.15, 0.2) is 0 Å². The summed E-state index contributed by atoms with van der Waals surface area (Å²) < 4.78 is 2.12. The number of nitrogens with two attached hydrogens (primary N) is 1. The highest BCUT2D eigenvalue weighted by molar-refractivity contribution is 5.96. The summed E-state index contributed by atoms with van der Waals surface area (Å²) in [6.45, 7) is 7.77. The molecule has 0 aliphatic rings. The molecule has 2 aromatic rings. The predicted octanol–water partition coefficient (Wildman–Crippen LogP) is 1.71. The van der Waals surface area contributed by atoms with Crippen LogP contribution in [-0.4, -0.2) is 20.1 Å². The van der Waals surface area contributed by atoms with Crippen molar-refractivity contribution in [2.45, 2.75) is 47.1 Å². The van der Waals surface area contributed by atoms with Crippen molar-refractivity contribution in [3.63, 3.8) is 0 Å². The zero-order valence-electron chi connectivity index (χ0n) is 15.0. The smallest absolute Gasteiger partial charge is 0.338 e. The van der Waals surface area contributed by atoms with E-state index in [-0.39, 0.29) is 12.1 Å². The fourth-order valence-electron chi connectivity index (χ4n) is 3.12. The van der Waals surface area contributed by atoms with E-state index in [0.717, 1.165) is 32.2 Å². The molecule has 0 saturated carbocycles. The Labute approximate surface area is 145 Å². The number of aryl methyl sites for hydroxylation is 3. The summed E-state index contributed by atoms with van der Waals surface area (Å²) in [6.07, 6.45) is 1.46. The van der Waals surface area contributed by atoms with Crippen LogP contribution in [-0.2, 0) is 6.54 Å². The van der Waals surface area contributed by atoms with Crippen LogP contribution >= 0.6 is 0 Å². The molecule has 7 heteroatoms. The van der Waals surface area contributed by atoms with Gasteiger partial charge in [-0.2, -0.15) is 0 Å². The third-order valence-corrected chi connectivity index (χ3v) is 4.18. The van der Waals surface area contributed by atoms with Gasteiger partial charge >= 0.3 is 5.69 Å². The summed E-state index contributed by atoms with van der Waals surface area (Å²) in [7, 11) is 0. The molecule has 1 heterocycles. The number of amidine groups is 1. The number of rotatable bonds is 5. The Bertz CT molecular complexity index is 931. The van der Waals surface area contributed by atoms with Gasteiger partial charge in [-0.05, 0) is 38.3 Å². The van der Waals surface area contributed by atoms with Crippen molar-refractivity contribution in [1.82, 2.24) is 9.13 Å². The Hall–Kier alpha value is -2.83. The number of unbranched alkanes of at least 4 members (excludes halogenated alkanes) is 1. The van der Waals surface area contributed by atoms with Gasteiger partial charge in [-0.1, -0.05) is 31.0 Å². The average Bonchev–Trinajstić information content (AvgIpc) is 2.49. The second-order valence-corrected chi connectivity index (χ2v) is 6.29. The zero-order valence-corrected chi connectivity index (χ0v) is 15.0. The molecule has 4 N–H and O–H groups in total. The van der Waals surface area contributed by atoms with E-state index >= 15 is 0 Å². The van der Waals surface area contributed by atoms with E-state index in [1.54, 1.807) is 0 Å². The molecular weight excluding hydrogens is 320 g/mol. The van der Waals surface area contributed by atoms with Crippen molar-refractivity contribution in [1.29, 1.82) is 5.41 Å². The fraction of sp³-hybridized carbons (Fsp3) is 0.389. The fourth-order valence-corrected chi connectivity index (χ4v) is 3.12. The first-order chi connectivity index (χ1) is 11.7. The van der Waals surface area contributed by atoms with Crippen molar-refractivity contribution in [3.05, 3.63) is 55.2 Å². The number of hydrogen-bond donors (Lipinski definition) is 3. The number of nitrogens with zero attached hydrogens (tertiary/aromatic N) is 2. The second kappa shape index (κ2) is 6.96. The molecular formula is C18H24N4O3. The largest absolute Gasteiger partial charge is 0.494 e. The normalized spacial score (nSPS) is 10.9. The lowest BCUT2D eigenvalue weighted by Crippen LogP contribution is -2.43. The third kappa shape index (κ3) is 3.22. The van der Waals surface area contributed by atoms with Gasteiger partial charge < -0.3 is 10.8 Å². The molecule has 0 atom stereocenters. The summed E-state index contributed by atoms with van der Waals surface area (Å²) >= 11 is 0. The number of aromatic nitrogens is 2. The molecule has 0 unspecified atom stereocenters.